The molecule has 1 aromatic rings. The number of nitrogens with one attached hydrogen (secondary N) is 1. The molecule has 0 saturated heterocycles. The third-order valence-electron chi connectivity index (χ3n) is 2.20. The van der Waals surface area contributed by atoms with Crippen molar-refractivity contribution in [3.8, 4) is 0 Å². The lowest BCUT2D eigenvalue weighted by atomic mass is 10.1. The van der Waals surface area contributed by atoms with Crippen molar-refractivity contribution in [3.63, 3.8) is 0 Å². The summed E-state index contributed by atoms with van der Waals surface area (Å²) in [5.41, 5.74) is 5.49. The fourth-order valence-corrected chi connectivity index (χ4v) is 1.63. The molecule has 0 spiro atoms. The van der Waals surface area contributed by atoms with Crippen LogP contribution in [0.25, 0.3) is 0 Å². The van der Waals surface area contributed by atoms with Crippen LogP contribution in [0.2, 0.25) is 0 Å². The molecular formula is C11H13BrF2N2O. The van der Waals surface area contributed by atoms with E-state index in [4.69, 9.17) is 5.73 Å². The molecule has 0 saturated carbocycles. The van der Waals surface area contributed by atoms with Crippen molar-refractivity contribution in [1.29, 1.82) is 0 Å². The predicted molar refractivity (Wildman–Crippen MR) is 65.6 cm³/mol. The second kappa shape index (κ2) is 6.07. The zero-order chi connectivity index (χ0) is 13.0. The van der Waals surface area contributed by atoms with Gasteiger partial charge in [-0.1, -0.05) is 13.3 Å². The Balaban J connectivity index is 2.81. The molecule has 0 radical (unpaired) electrons. The Morgan fingerprint density at radius 1 is 1.47 bits per heavy atom. The number of nitrogens with two attached hydrogens (primary N) is 1. The zero-order valence-electron chi connectivity index (χ0n) is 9.27. The number of carbonyl (C=O) groups excluding carboxylic acids is 1. The molecule has 0 bridgehead atoms. The number of carbonyl (C=O) groups is 1. The number of hydrogen-bond acceptors (Lipinski definition) is 2. The second-order valence-electron chi connectivity index (χ2n) is 3.63. The monoisotopic (exact) mass is 306 g/mol. The van der Waals surface area contributed by atoms with Gasteiger partial charge in [-0.25, -0.2) is 8.78 Å². The van der Waals surface area contributed by atoms with E-state index in [2.05, 4.69) is 21.2 Å². The molecule has 0 aliphatic rings. The van der Waals surface area contributed by atoms with E-state index in [1.165, 1.54) is 6.07 Å². The molecule has 1 aromatic carbocycles. The average Bonchev–Trinajstić information content (AvgIpc) is 2.26. The maximum Gasteiger partial charge on any atom is 0.241 e. The van der Waals surface area contributed by atoms with E-state index in [1.54, 1.807) is 0 Å². The van der Waals surface area contributed by atoms with Gasteiger partial charge in [-0.2, -0.15) is 0 Å². The molecule has 0 fully saturated rings. The van der Waals surface area contributed by atoms with Crippen molar-refractivity contribution < 1.29 is 13.6 Å². The molecule has 1 atom stereocenters. The number of rotatable bonds is 4. The van der Waals surface area contributed by atoms with Crippen LogP contribution in [0.5, 0.6) is 0 Å². The summed E-state index contributed by atoms with van der Waals surface area (Å²) in [5.74, 6) is -2.04. The summed E-state index contributed by atoms with van der Waals surface area (Å²) in [7, 11) is 0. The molecule has 0 aromatic heterocycles. The van der Waals surface area contributed by atoms with Crippen molar-refractivity contribution in [2.24, 2.45) is 5.73 Å². The fraction of sp³-hybridized carbons (Fsp3) is 0.364. The summed E-state index contributed by atoms with van der Waals surface area (Å²) in [4.78, 5) is 11.5. The number of amides is 1. The summed E-state index contributed by atoms with van der Waals surface area (Å²) in [6.07, 6.45) is 1.26. The Kier molecular flexibility index (Phi) is 5.02. The van der Waals surface area contributed by atoms with Crippen LogP contribution in [-0.2, 0) is 4.79 Å². The van der Waals surface area contributed by atoms with Crippen molar-refractivity contribution in [2.45, 2.75) is 25.8 Å². The topological polar surface area (TPSA) is 55.1 Å². The molecule has 1 amide bonds. The summed E-state index contributed by atoms with van der Waals surface area (Å²) in [5, 5.41) is 2.33. The minimum absolute atomic E-state index is 0.0817. The van der Waals surface area contributed by atoms with Gasteiger partial charge in [-0.3, -0.25) is 4.79 Å². The highest BCUT2D eigenvalue weighted by molar-refractivity contribution is 9.10. The highest BCUT2D eigenvalue weighted by Crippen LogP contribution is 2.23. The van der Waals surface area contributed by atoms with E-state index in [-0.39, 0.29) is 10.2 Å². The van der Waals surface area contributed by atoms with Gasteiger partial charge in [0.1, 0.15) is 11.6 Å². The van der Waals surface area contributed by atoms with Gasteiger partial charge in [0, 0.05) is 6.07 Å². The number of anilines is 1. The van der Waals surface area contributed by atoms with Gasteiger partial charge < -0.3 is 11.1 Å². The van der Waals surface area contributed by atoms with Crippen LogP contribution < -0.4 is 11.1 Å². The van der Waals surface area contributed by atoms with Gasteiger partial charge in [0.15, 0.2) is 0 Å². The first kappa shape index (κ1) is 14.1. The lowest BCUT2D eigenvalue weighted by Crippen LogP contribution is -2.35. The largest absolute Gasteiger partial charge is 0.322 e. The Bertz CT molecular complexity index is 426. The maximum atomic E-state index is 13.3. The number of benzene rings is 1. The van der Waals surface area contributed by atoms with Crippen LogP contribution in [0, 0.1) is 11.6 Å². The lowest BCUT2D eigenvalue weighted by molar-refractivity contribution is -0.117. The van der Waals surface area contributed by atoms with E-state index in [0.717, 1.165) is 6.42 Å². The fourth-order valence-electron chi connectivity index (χ4n) is 1.29. The summed E-state index contributed by atoms with van der Waals surface area (Å²) in [6.45, 7) is 1.89. The third kappa shape index (κ3) is 3.74. The lowest BCUT2D eigenvalue weighted by Gasteiger charge is -2.12. The first-order chi connectivity index (χ1) is 7.95. The smallest absolute Gasteiger partial charge is 0.241 e. The molecule has 1 rings (SSSR count). The Morgan fingerprint density at radius 2 is 2.12 bits per heavy atom. The molecular weight excluding hydrogens is 294 g/mol. The third-order valence-corrected chi connectivity index (χ3v) is 2.81. The predicted octanol–water partition coefficient (Wildman–Crippen LogP) is 2.79. The van der Waals surface area contributed by atoms with E-state index in [9.17, 15) is 13.6 Å². The molecule has 1 unspecified atom stereocenters. The SMILES string of the molecule is CCCC(N)C(=O)Nc1cc(Br)c(F)cc1F. The van der Waals surface area contributed by atoms with Gasteiger partial charge in [0.2, 0.25) is 5.91 Å². The van der Waals surface area contributed by atoms with Gasteiger partial charge in [-0.05, 0) is 28.4 Å². The van der Waals surface area contributed by atoms with Gasteiger partial charge in [0.25, 0.3) is 0 Å². The molecule has 94 valence electrons. The molecule has 0 aliphatic carbocycles. The minimum Gasteiger partial charge on any atom is -0.322 e. The van der Waals surface area contributed by atoms with Crippen molar-refractivity contribution >= 4 is 27.5 Å². The van der Waals surface area contributed by atoms with Gasteiger partial charge in [0.05, 0.1) is 16.2 Å². The van der Waals surface area contributed by atoms with Crippen LogP contribution >= 0.6 is 15.9 Å². The van der Waals surface area contributed by atoms with E-state index >= 15 is 0 Å². The number of halogens is 3. The van der Waals surface area contributed by atoms with E-state index in [1.807, 2.05) is 6.92 Å². The van der Waals surface area contributed by atoms with E-state index in [0.29, 0.717) is 12.5 Å². The van der Waals surface area contributed by atoms with Gasteiger partial charge in [-0.15, -0.1) is 0 Å². The Hall–Kier alpha value is -1.01. The van der Waals surface area contributed by atoms with Crippen molar-refractivity contribution in [1.82, 2.24) is 0 Å². The minimum atomic E-state index is -0.831. The Morgan fingerprint density at radius 3 is 2.71 bits per heavy atom. The van der Waals surface area contributed by atoms with Gasteiger partial charge >= 0.3 is 0 Å². The molecule has 3 nitrogen and oxygen atoms in total. The molecule has 17 heavy (non-hydrogen) atoms. The van der Waals surface area contributed by atoms with Crippen LogP contribution in [0.3, 0.4) is 0 Å². The highest BCUT2D eigenvalue weighted by atomic mass is 79.9. The standard InChI is InChI=1S/C11H13BrF2N2O/c1-2-3-9(15)11(17)16-10-4-6(12)7(13)5-8(10)14/h4-5,9H,2-3,15H2,1H3,(H,16,17). The molecule has 0 aliphatic heterocycles. The maximum absolute atomic E-state index is 13.3. The van der Waals surface area contributed by atoms with Crippen molar-refractivity contribution in [2.75, 3.05) is 5.32 Å². The summed E-state index contributed by atoms with van der Waals surface area (Å²) in [6, 6.07) is 1.18. The average molecular weight is 307 g/mol. The summed E-state index contributed by atoms with van der Waals surface area (Å²) >= 11 is 2.91. The quantitative estimate of drug-likeness (QED) is 0.840. The normalized spacial score (nSPS) is 12.3. The molecule has 3 N–H and O–H groups in total. The van der Waals surface area contributed by atoms with Crippen LogP contribution in [0.1, 0.15) is 19.8 Å². The van der Waals surface area contributed by atoms with E-state index < -0.39 is 23.6 Å². The Labute approximate surface area is 107 Å². The van der Waals surface area contributed by atoms with Crippen LogP contribution in [-0.4, -0.2) is 11.9 Å². The first-order valence-electron chi connectivity index (χ1n) is 5.16. The second-order valence-corrected chi connectivity index (χ2v) is 4.48. The van der Waals surface area contributed by atoms with Crippen molar-refractivity contribution in [3.05, 3.63) is 28.2 Å². The zero-order valence-corrected chi connectivity index (χ0v) is 10.9. The van der Waals surface area contributed by atoms with Crippen LogP contribution in [0.15, 0.2) is 16.6 Å². The molecule has 6 heteroatoms. The van der Waals surface area contributed by atoms with Crippen LogP contribution in [0.4, 0.5) is 14.5 Å². The first-order valence-corrected chi connectivity index (χ1v) is 5.96. The summed E-state index contributed by atoms with van der Waals surface area (Å²) < 4.78 is 26.4. The highest BCUT2D eigenvalue weighted by Gasteiger charge is 2.15. The molecule has 0 heterocycles. The number of hydrogen-bond donors (Lipinski definition) is 2.